The zero-order valence-electron chi connectivity index (χ0n) is 7.25. The van der Waals surface area contributed by atoms with Gasteiger partial charge in [-0.1, -0.05) is 23.2 Å². The van der Waals surface area contributed by atoms with Crippen LogP contribution in [0.2, 0.25) is 10.2 Å². The molecule has 1 heterocycles. The molecular weight excluding hydrogens is 229 g/mol. The van der Waals surface area contributed by atoms with Crippen LogP contribution in [0.4, 0.5) is 0 Å². The molecule has 0 unspecified atom stereocenters. The molecule has 0 aliphatic carbocycles. The maximum Gasteiger partial charge on any atom is 0.356 e. The number of rotatable bonds is 3. The van der Waals surface area contributed by atoms with Crippen LogP contribution in [0, 0.1) is 0 Å². The average Bonchev–Trinajstić information content (AvgIpc) is 2.10. The first-order chi connectivity index (χ1) is 6.56. The highest BCUT2D eigenvalue weighted by Crippen LogP contribution is 2.23. The molecule has 0 saturated carbocycles. The summed E-state index contributed by atoms with van der Waals surface area (Å²) in [4.78, 5) is 14.3. The fourth-order valence-electron chi connectivity index (χ4n) is 0.950. The number of nitrogens with zero attached hydrogens (tertiary/aromatic N) is 1. The average molecular weight is 236 g/mol. The van der Waals surface area contributed by atoms with Gasteiger partial charge < -0.3 is 9.84 Å². The van der Waals surface area contributed by atoms with Crippen molar-refractivity contribution in [1.82, 2.24) is 4.98 Å². The molecule has 1 rings (SSSR count). The molecule has 76 valence electrons. The maximum atomic E-state index is 10.7. The number of carboxylic acid groups (broad SMARTS) is 1. The molecule has 1 aromatic heterocycles. The van der Waals surface area contributed by atoms with Gasteiger partial charge in [-0.2, -0.15) is 0 Å². The molecule has 0 fully saturated rings. The molecular formula is C8H7Cl2NO3. The monoisotopic (exact) mass is 235 g/mol. The zero-order chi connectivity index (χ0) is 10.7. The highest BCUT2D eigenvalue weighted by molar-refractivity contribution is 6.35. The second kappa shape index (κ2) is 4.59. The van der Waals surface area contributed by atoms with E-state index in [1.807, 2.05) is 0 Å². The number of hydrogen-bond donors (Lipinski definition) is 1. The van der Waals surface area contributed by atoms with E-state index in [2.05, 4.69) is 4.98 Å². The lowest BCUT2D eigenvalue weighted by molar-refractivity contribution is 0.0690. The quantitative estimate of drug-likeness (QED) is 0.817. The van der Waals surface area contributed by atoms with Gasteiger partial charge in [-0.25, -0.2) is 9.78 Å². The van der Waals surface area contributed by atoms with Gasteiger partial charge in [0.25, 0.3) is 0 Å². The summed E-state index contributed by atoms with van der Waals surface area (Å²) in [5.41, 5.74) is 0.248. The first-order valence-electron chi connectivity index (χ1n) is 3.63. The van der Waals surface area contributed by atoms with E-state index >= 15 is 0 Å². The van der Waals surface area contributed by atoms with Gasteiger partial charge >= 0.3 is 5.97 Å². The fraction of sp³-hybridized carbons (Fsp3) is 0.250. The summed E-state index contributed by atoms with van der Waals surface area (Å²) in [5, 5.41) is 8.88. The SMILES string of the molecule is COCc1cc(Cl)nc(C(=O)O)c1Cl. The van der Waals surface area contributed by atoms with Crippen molar-refractivity contribution in [1.29, 1.82) is 0 Å². The number of methoxy groups -OCH3 is 1. The third-order valence-electron chi connectivity index (χ3n) is 1.50. The third kappa shape index (κ3) is 2.35. The summed E-state index contributed by atoms with van der Waals surface area (Å²) in [7, 11) is 1.48. The molecule has 1 N–H and O–H groups in total. The molecule has 14 heavy (non-hydrogen) atoms. The van der Waals surface area contributed by atoms with Crippen molar-refractivity contribution in [2.24, 2.45) is 0 Å². The predicted molar refractivity (Wildman–Crippen MR) is 51.9 cm³/mol. The van der Waals surface area contributed by atoms with E-state index < -0.39 is 5.97 Å². The summed E-state index contributed by atoms with van der Waals surface area (Å²) < 4.78 is 4.83. The smallest absolute Gasteiger partial charge is 0.356 e. The van der Waals surface area contributed by atoms with Gasteiger partial charge in [0.15, 0.2) is 5.69 Å². The van der Waals surface area contributed by atoms with Gasteiger partial charge in [0, 0.05) is 12.7 Å². The van der Waals surface area contributed by atoms with E-state index in [0.717, 1.165) is 0 Å². The molecule has 0 aliphatic heterocycles. The number of hydrogen-bond acceptors (Lipinski definition) is 3. The normalized spacial score (nSPS) is 10.2. The summed E-state index contributed by atoms with van der Waals surface area (Å²) in [6, 6.07) is 1.47. The van der Waals surface area contributed by atoms with Gasteiger partial charge in [-0.15, -0.1) is 0 Å². The summed E-state index contributed by atoms with van der Waals surface area (Å²) in [6.07, 6.45) is 0. The van der Waals surface area contributed by atoms with Crippen LogP contribution < -0.4 is 0 Å². The molecule has 0 aliphatic rings. The summed E-state index contributed by atoms with van der Waals surface area (Å²) in [6.45, 7) is 0.196. The Hall–Kier alpha value is -0.840. The lowest BCUT2D eigenvalue weighted by Gasteiger charge is -2.05. The number of aromatic nitrogens is 1. The van der Waals surface area contributed by atoms with Crippen LogP contribution in [-0.2, 0) is 11.3 Å². The first-order valence-corrected chi connectivity index (χ1v) is 4.39. The second-order valence-electron chi connectivity index (χ2n) is 2.50. The lowest BCUT2D eigenvalue weighted by Crippen LogP contribution is -2.04. The van der Waals surface area contributed by atoms with Gasteiger partial charge in [-0.3, -0.25) is 0 Å². The van der Waals surface area contributed by atoms with Gasteiger partial charge in [-0.05, 0) is 6.07 Å². The minimum Gasteiger partial charge on any atom is -0.476 e. The van der Waals surface area contributed by atoms with Crippen LogP contribution in [0.5, 0.6) is 0 Å². The standard InChI is InChI=1S/C8H7Cl2NO3/c1-14-3-4-2-5(9)11-7(6(4)10)8(12)13/h2H,3H2,1H3,(H,12,13). The predicted octanol–water partition coefficient (Wildman–Crippen LogP) is 2.23. The van der Waals surface area contributed by atoms with E-state index in [9.17, 15) is 4.79 Å². The zero-order valence-corrected chi connectivity index (χ0v) is 8.76. The Morgan fingerprint density at radius 1 is 1.64 bits per heavy atom. The lowest BCUT2D eigenvalue weighted by atomic mass is 10.2. The Morgan fingerprint density at radius 3 is 2.79 bits per heavy atom. The number of pyridine rings is 1. The van der Waals surface area contributed by atoms with E-state index in [0.29, 0.717) is 5.56 Å². The minimum absolute atomic E-state index is 0.0590. The number of ether oxygens (including phenoxy) is 1. The molecule has 0 spiro atoms. The van der Waals surface area contributed by atoms with Crippen LogP contribution >= 0.6 is 23.2 Å². The Balaban J connectivity index is 3.24. The molecule has 0 saturated heterocycles. The Bertz CT molecular complexity index is 368. The van der Waals surface area contributed by atoms with E-state index in [1.54, 1.807) is 0 Å². The molecule has 0 aromatic carbocycles. The maximum absolute atomic E-state index is 10.7. The van der Waals surface area contributed by atoms with Crippen LogP contribution in [0.3, 0.4) is 0 Å². The van der Waals surface area contributed by atoms with Gasteiger partial charge in [0.2, 0.25) is 0 Å². The Labute approximate surface area is 90.4 Å². The number of halogens is 2. The molecule has 0 bridgehead atoms. The highest BCUT2D eigenvalue weighted by Gasteiger charge is 2.15. The Morgan fingerprint density at radius 2 is 2.29 bits per heavy atom. The van der Waals surface area contributed by atoms with Crippen LogP contribution in [0.15, 0.2) is 6.07 Å². The number of carbonyl (C=O) groups is 1. The van der Waals surface area contributed by atoms with Gasteiger partial charge in [0.05, 0.1) is 11.6 Å². The number of carboxylic acids is 1. The van der Waals surface area contributed by atoms with Crippen LogP contribution in [-0.4, -0.2) is 23.2 Å². The summed E-state index contributed by atoms with van der Waals surface area (Å²) in [5.74, 6) is -1.21. The molecule has 0 atom stereocenters. The van der Waals surface area contributed by atoms with Crippen molar-refractivity contribution in [2.75, 3.05) is 7.11 Å². The van der Waals surface area contributed by atoms with E-state index in [-0.39, 0.29) is 22.5 Å². The highest BCUT2D eigenvalue weighted by atomic mass is 35.5. The molecule has 1 aromatic rings. The van der Waals surface area contributed by atoms with Crippen molar-refractivity contribution in [3.63, 3.8) is 0 Å². The van der Waals surface area contributed by atoms with Crippen molar-refractivity contribution in [2.45, 2.75) is 6.61 Å². The second-order valence-corrected chi connectivity index (χ2v) is 3.27. The largest absolute Gasteiger partial charge is 0.476 e. The topological polar surface area (TPSA) is 59.4 Å². The van der Waals surface area contributed by atoms with Crippen molar-refractivity contribution in [3.8, 4) is 0 Å². The van der Waals surface area contributed by atoms with E-state index in [4.69, 9.17) is 33.0 Å². The Kier molecular flexibility index (Phi) is 3.69. The summed E-state index contributed by atoms with van der Waals surface area (Å²) >= 11 is 11.4. The first kappa shape index (κ1) is 11.2. The molecule has 6 heteroatoms. The fourth-order valence-corrected chi connectivity index (χ4v) is 1.40. The third-order valence-corrected chi connectivity index (χ3v) is 2.12. The molecule has 4 nitrogen and oxygen atoms in total. The molecule has 0 radical (unpaired) electrons. The van der Waals surface area contributed by atoms with E-state index in [1.165, 1.54) is 13.2 Å². The van der Waals surface area contributed by atoms with Crippen molar-refractivity contribution < 1.29 is 14.6 Å². The van der Waals surface area contributed by atoms with Crippen LogP contribution in [0.25, 0.3) is 0 Å². The molecule has 0 amide bonds. The minimum atomic E-state index is -1.21. The van der Waals surface area contributed by atoms with Gasteiger partial charge in [0.1, 0.15) is 5.15 Å². The van der Waals surface area contributed by atoms with Crippen molar-refractivity contribution >= 4 is 29.2 Å². The van der Waals surface area contributed by atoms with Crippen LogP contribution in [0.1, 0.15) is 16.1 Å². The van der Waals surface area contributed by atoms with Crippen molar-refractivity contribution in [3.05, 3.63) is 27.5 Å². The number of aromatic carboxylic acids is 1.